The van der Waals surface area contributed by atoms with E-state index < -0.39 is 0 Å². The number of hydrogen-bond acceptors (Lipinski definition) is 4. The fourth-order valence-electron chi connectivity index (χ4n) is 2.62. The number of rotatable bonds is 5. The number of fused-ring (bicyclic) bond motifs is 1. The van der Waals surface area contributed by atoms with E-state index >= 15 is 0 Å². The highest BCUT2D eigenvalue weighted by Crippen LogP contribution is 2.35. The minimum absolute atomic E-state index is 0.0120. The lowest BCUT2D eigenvalue weighted by molar-refractivity contribution is -0.120. The molecule has 1 amide bonds. The largest absolute Gasteiger partial charge is 0.352 e. The fourth-order valence-corrected chi connectivity index (χ4v) is 3.68. The molecule has 0 saturated heterocycles. The first kappa shape index (κ1) is 18.1. The van der Waals surface area contributed by atoms with Crippen LogP contribution in [0.3, 0.4) is 0 Å². The molecule has 2 heterocycles. The third-order valence-electron chi connectivity index (χ3n) is 3.97. The van der Waals surface area contributed by atoms with Gasteiger partial charge in [-0.25, -0.2) is 0 Å². The zero-order valence-corrected chi connectivity index (χ0v) is 15.7. The number of hydrogen-bond donors (Lipinski definition) is 1. The maximum absolute atomic E-state index is 12.0. The summed E-state index contributed by atoms with van der Waals surface area (Å²) in [5, 5.41) is 2.90. The standard InChI is InChI=1S/C21H21N3OS/c1-15-18-8-3-4-9-20(18)26-19(16(2)24-15)10-5-11-21(25)23-14-17-7-6-12-22-13-17/h3-10,12-13H,11,14H2,1-2H3,(H,23,25)/b10-5-. The maximum atomic E-state index is 12.0. The molecular formula is C21H21N3OS. The van der Waals surface area contributed by atoms with Crippen LogP contribution in [0.4, 0.5) is 0 Å². The van der Waals surface area contributed by atoms with E-state index in [1.807, 2.05) is 50.3 Å². The van der Waals surface area contributed by atoms with Gasteiger partial charge in [-0.15, -0.1) is 0 Å². The molecule has 5 heteroatoms. The monoisotopic (exact) mass is 363 g/mol. The van der Waals surface area contributed by atoms with Crippen molar-refractivity contribution in [1.82, 2.24) is 10.3 Å². The summed E-state index contributed by atoms with van der Waals surface area (Å²) in [6.45, 7) is 4.53. The average Bonchev–Trinajstić information content (AvgIpc) is 2.77. The smallest absolute Gasteiger partial charge is 0.224 e. The lowest BCUT2D eigenvalue weighted by atomic mass is 10.1. The molecule has 1 aliphatic rings. The molecule has 1 aromatic heterocycles. The van der Waals surface area contributed by atoms with E-state index in [0.29, 0.717) is 13.0 Å². The van der Waals surface area contributed by atoms with Crippen LogP contribution < -0.4 is 5.32 Å². The van der Waals surface area contributed by atoms with Crippen molar-refractivity contribution < 1.29 is 4.79 Å². The summed E-state index contributed by atoms with van der Waals surface area (Å²) in [4.78, 5) is 23.0. The number of aliphatic imine (C=N–C) groups is 1. The molecule has 0 radical (unpaired) electrons. The Hall–Kier alpha value is -2.66. The molecule has 26 heavy (non-hydrogen) atoms. The van der Waals surface area contributed by atoms with Crippen LogP contribution in [0.15, 0.2) is 81.4 Å². The first-order chi connectivity index (χ1) is 12.6. The molecule has 0 atom stereocenters. The number of thioether (sulfide) groups is 1. The zero-order valence-electron chi connectivity index (χ0n) is 14.9. The van der Waals surface area contributed by atoms with Gasteiger partial charge < -0.3 is 5.32 Å². The van der Waals surface area contributed by atoms with E-state index in [9.17, 15) is 4.79 Å². The van der Waals surface area contributed by atoms with Crippen LogP contribution in [-0.4, -0.2) is 16.6 Å². The highest BCUT2D eigenvalue weighted by Gasteiger charge is 2.13. The Balaban J connectivity index is 1.61. The molecule has 0 spiro atoms. The van der Waals surface area contributed by atoms with Crippen molar-refractivity contribution in [3.8, 4) is 0 Å². The fraction of sp³-hybridized carbons (Fsp3) is 0.190. The van der Waals surface area contributed by atoms with Gasteiger partial charge >= 0.3 is 0 Å². The predicted octanol–water partition coefficient (Wildman–Crippen LogP) is 4.49. The summed E-state index contributed by atoms with van der Waals surface area (Å²) in [5.74, 6) is -0.0120. The van der Waals surface area contributed by atoms with Crippen molar-refractivity contribution >= 4 is 23.4 Å². The van der Waals surface area contributed by atoms with Gasteiger partial charge in [0, 0.05) is 46.4 Å². The van der Waals surface area contributed by atoms with Crippen molar-refractivity contribution in [2.45, 2.75) is 31.7 Å². The number of nitrogens with zero attached hydrogens (tertiary/aromatic N) is 2. The molecule has 4 nitrogen and oxygen atoms in total. The highest BCUT2D eigenvalue weighted by atomic mass is 32.2. The lowest BCUT2D eigenvalue weighted by Gasteiger charge is -2.06. The average molecular weight is 363 g/mol. The Labute approximate surface area is 158 Å². The van der Waals surface area contributed by atoms with Crippen molar-refractivity contribution in [3.63, 3.8) is 0 Å². The molecule has 0 bridgehead atoms. The second-order valence-electron chi connectivity index (χ2n) is 5.99. The Kier molecular flexibility index (Phi) is 6.02. The Bertz CT molecular complexity index is 885. The molecule has 0 aliphatic carbocycles. The summed E-state index contributed by atoms with van der Waals surface area (Å²) in [6, 6.07) is 12.1. The van der Waals surface area contributed by atoms with Gasteiger partial charge in [0.1, 0.15) is 0 Å². The van der Waals surface area contributed by atoms with E-state index in [4.69, 9.17) is 0 Å². The Morgan fingerprint density at radius 2 is 2.04 bits per heavy atom. The first-order valence-electron chi connectivity index (χ1n) is 8.49. The maximum Gasteiger partial charge on any atom is 0.224 e. The van der Waals surface area contributed by atoms with E-state index in [1.165, 1.54) is 4.90 Å². The molecule has 3 rings (SSSR count). The third kappa shape index (κ3) is 4.70. The molecular weight excluding hydrogens is 342 g/mol. The number of nitrogens with one attached hydrogen (secondary N) is 1. The quantitative estimate of drug-likeness (QED) is 0.851. The molecule has 1 aromatic carbocycles. The number of carbonyl (C=O) groups excluding carboxylic acids is 1. The van der Waals surface area contributed by atoms with Crippen molar-refractivity contribution in [2.24, 2.45) is 4.99 Å². The summed E-state index contributed by atoms with van der Waals surface area (Å²) >= 11 is 1.69. The van der Waals surface area contributed by atoms with E-state index in [2.05, 4.69) is 27.4 Å². The zero-order chi connectivity index (χ0) is 18.4. The SMILES string of the molecule is CC1=NC(C)=C(/C=C\CC(=O)NCc2cccnc2)Sc2ccccc21. The summed E-state index contributed by atoms with van der Waals surface area (Å²) < 4.78 is 0. The van der Waals surface area contributed by atoms with Gasteiger partial charge in [0.15, 0.2) is 0 Å². The molecule has 0 fully saturated rings. The highest BCUT2D eigenvalue weighted by molar-refractivity contribution is 8.03. The van der Waals surface area contributed by atoms with Gasteiger partial charge in [-0.2, -0.15) is 0 Å². The van der Waals surface area contributed by atoms with Crippen LogP contribution in [0.2, 0.25) is 0 Å². The van der Waals surface area contributed by atoms with E-state index in [0.717, 1.165) is 27.4 Å². The minimum Gasteiger partial charge on any atom is -0.352 e. The Morgan fingerprint density at radius 3 is 2.85 bits per heavy atom. The predicted molar refractivity (Wildman–Crippen MR) is 107 cm³/mol. The van der Waals surface area contributed by atoms with Crippen LogP contribution in [0.25, 0.3) is 0 Å². The van der Waals surface area contributed by atoms with Crippen molar-refractivity contribution in [1.29, 1.82) is 0 Å². The van der Waals surface area contributed by atoms with Crippen LogP contribution in [0.1, 0.15) is 31.4 Å². The molecule has 2 aromatic rings. The van der Waals surface area contributed by atoms with Crippen LogP contribution in [0, 0.1) is 0 Å². The van der Waals surface area contributed by atoms with E-state index in [-0.39, 0.29) is 5.91 Å². The van der Waals surface area contributed by atoms with Gasteiger partial charge in [0.25, 0.3) is 0 Å². The summed E-state index contributed by atoms with van der Waals surface area (Å²) in [5.41, 5.74) is 4.14. The number of benzene rings is 1. The van der Waals surface area contributed by atoms with E-state index in [1.54, 1.807) is 24.2 Å². The first-order valence-corrected chi connectivity index (χ1v) is 9.30. The summed E-state index contributed by atoms with van der Waals surface area (Å²) in [6.07, 6.45) is 7.69. The lowest BCUT2D eigenvalue weighted by Crippen LogP contribution is -2.21. The van der Waals surface area contributed by atoms with Gasteiger partial charge in [0.2, 0.25) is 5.91 Å². The normalized spacial score (nSPS) is 14.0. The number of allylic oxidation sites excluding steroid dienone is 2. The van der Waals surface area contributed by atoms with Gasteiger partial charge in [-0.3, -0.25) is 14.8 Å². The van der Waals surface area contributed by atoms with Crippen LogP contribution >= 0.6 is 11.8 Å². The second-order valence-corrected chi connectivity index (χ2v) is 7.07. The van der Waals surface area contributed by atoms with Crippen molar-refractivity contribution in [3.05, 3.63) is 82.7 Å². The summed E-state index contributed by atoms with van der Waals surface area (Å²) in [7, 11) is 0. The Morgan fingerprint density at radius 1 is 1.19 bits per heavy atom. The number of aromatic nitrogens is 1. The van der Waals surface area contributed by atoms with Gasteiger partial charge in [0.05, 0.1) is 5.70 Å². The van der Waals surface area contributed by atoms with Gasteiger partial charge in [-0.05, 0) is 37.6 Å². The molecule has 1 aliphatic heterocycles. The molecule has 1 N–H and O–H groups in total. The number of amides is 1. The molecule has 0 unspecified atom stereocenters. The van der Waals surface area contributed by atoms with Crippen LogP contribution in [0.5, 0.6) is 0 Å². The number of carbonyl (C=O) groups is 1. The topological polar surface area (TPSA) is 54.4 Å². The molecule has 132 valence electrons. The second kappa shape index (κ2) is 8.63. The molecule has 0 saturated carbocycles. The van der Waals surface area contributed by atoms with Crippen LogP contribution in [-0.2, 0) is 11.3 Å². The third-order valence-corrected chi connectivity index (χ3v) is 5.20. The van der Waals surface area contributed by atoms with Gasteiger partial charge in [-0.1, -0.05) is 42.1 Å². The van der Waals surface area contributed by atoms with Crippen molar-refractivity contribution in [2.75, 3.05) is 0 Å². The number of pyridine rings is 1. The minimum atomic E-state index is -0.0120.